The van der Waals surface area contributed by atoms with Crippen LogP contribution in [0.3, 0.4) is 0 Å². The van der Waals surface area contributed by atoms with Gasteiger partial charge < -0.3 is 5.73 Å². The lowest BCUT2D eigenvalue weighted by atomic mass is 9.84. The number of rotatable bonds is 3. The number of hydrogen-bond donors (Lipinski definition) is 1. The van der Waals surface area contributed by atoms with Gasteiger partial charge in [0.15, 0.2) is 0 Å². The van der Waals surface area contributed by atoms with Crippen LogP contribution in [-0.4, -0.2) is 0 Å². The molecule has 1 saturated carbocycles. The van der Waals surface area contributed by atoms with E-state index in [1.807, 2.05) is 0 Å². The van der Waals surface area contributed by atoms with Crippen LogP contribution in [0.25, 0.3) is 0 Å². The Balaban J connectivity index is 1.84. The Labute approximate surface area is 90.3 Å². The summed E-state index contributed by atoms with van der Waals surface area (Å²) in [6.45, 7) is 0. The van der Waals surface area contributed by atoms with E-state index < -0.39 is 0 Å². The lowest BCUT2D eigenvalue weighted by Crippen LogP contribution is -2.16. The average Bonchev–Trinajstić information content (AvgIpc) is 2.72. The molecule has 1 nitrogen and oxygen atoms in total. The van der Waals surface area contributed by atoms with E-state index in [0.717, 1.165) is 5.92 Å². The van der Waals surface area contributed by atoms with Gasteiger partial charge in [0, 0.05) is 6.04 Å². The molecular weight excluding hydrogens is 190 g/mol. The summed E-state index contributed by atoms with van der Waals surface area (Å²) in [4.78, 5) is 0. The molecule has 0 aromatic carbocycles. The summed E-state index contributed by atoms with van der Waals surface area (Å²) in [6, 6.07) is 2.45. The first-order valence-electron chi connectivity index (χ1n) is 5.64. The van der Waals surface area contributed by atoms with Gasteiger partial charge in [-0.1, -0.05) is 32.1 Å². The first-order chi connectivity index (χ1) is 6.86. The fourth-order valence-corrected chi connectivity index (χ4v) is 3.13. The maximum absolute atomic E-state index is 6.18. The van der Waals surface area contributed by atoms with Gasteiger partial charge in [-0.15, -0.1) is 0 Å². The van der Waals surface area contributed by atoms with Crippen molar-refractivity contribution >= 4 is 11.3 Å². The first-order valence-corrected chi connectivity index (χ1v) is 6.58. The summed E-state index contributed by atoms with van der Waals surface area (Å²) in [5, 5.41) is 4.31. The fraction of sp³-hybridized carbons (Fsp3) is 0.667. The van der Waals surface area contributed by atoms with Gasteiger partial charge in [-0.25, -0.2) is 0 Å². The summed E-state index contributed by atoms with van der Waals surface area (Å²) in [5.41, 5.74) is 7.51. The lowest BCUT2D eigenvalue weighted by molar-refractivity contribution is 0.319. The molecule has 0 amide bonds. The van der Waals surface area contributed by atoms with Crippen molar-refractivity contribution in [3.63, 3.8) is 0 Å². The van der Waals surface area contributed by atoms with E-state index in [2.05, 4.69) is 16.8 Å². The van der Waals surface area contributed by atoms with Crippen LogP contribution >= 0.6 is 11.3 Å². The molecule has 1 fully saturated rings. The molecule has 0 spiro atoms. The van der Waals surface area contributed by atoms with Crippen LogP contribution in [-0.2, 0) is 0 Å². The molecule has 0 saturated heterocycles. The summed E-state index contributed by atoms with van der Waals surface area (Å²) < 4.78 is 0. The Morgan fingerprint density at radius 2 is 2.14 bits per heavy atom. The first kappa shape index (κ1) is 10.2. The maximum Gasteiger partial charge on any atom is 0.0305 e. The molecule has 1 atom stereocenters. The van der Waals surface area contributed by atoms with Crippen molar-refractivity contribution in [2.75, 3.05) is 0 Å². The molecule has 1 unspecified atom stereocenters. The smallest absolute Gasteiger partial charge is 0.0305 e. The minimum atomic E-state index is 0.282. The predicted molar refractivity (Wildman–Crippen MR) is 62.4 cm³/mol. The van der Waals surface area contributed by atoms with Crippen LogP contribution in [0.1, 0.15) is 50.1 Å². The number of thiophene rings is 1. The van der Waals surface area contributed by atoms with E-state index in [9.17, 15) is 0 Å². The highest BCUT2D eigenvalue weighted by atomic mass is 32.1. The van der Waals surface area contributed by atoms with Crippen LogP contribution in [0.2, 0.25) is 0 Å². The quantitative estimate of drug-likeness (QED) is 0.806. The highest BCUT2D eigenvalue weighted by Gasteiger charge is 2.17. The highest BCUT2D eigenvalue weighted by molar-refractivity contribution is 7.07. The summed E-state index contributed by atoms with van der Waals surface area (Å²) >= 11 is 1.75. The Bertz CT molecular complexity index is 249. The minimum Gasteiger partial charge on any atom is -0.324 e. The second-order valence-corrected chi connectivity index (χ2v) is 5.18. The number of nitrogens with two attached hydrogens (primary N) is 1. The third-order valence-corrected chi connectivity index (χ3v) is 3.98. The zero-order valence-corrected chi connectivity index (χ0v) is 9.43. The molecule has 2 N–H and O–H groups in total. The van der Waals surface area contributed by atoms with Crippen LogP contribution < -0.4 is 5.73 Å². The molecule has 1 aliphatic rings. The molecule has 2 heteroatoms. The van der Waals surface area contributed by atoms with Crippen LogP contribution in [0.15, 0.2) is 16.8 Å². The SMILES string of the molecule is NC(CC1CCCCC1)c1ccsc1. The average molecular weight is 209 g/mol. The largest absolute Gasteiger partial charge is 0.324 e. The Morgan fingerprint density at radius 1 is 1.36 bits per heavy atom. The Kier molecular flexibility index (Phi) is 3.60. The molecule has 2 rings (SSSR count). The second kappa shape index (κ2) is 4.94. The molecule has 14 heavy (non-hydrogen) atoms. The molecule has 78 valence electrons. The van der Waals surface area contributed by atoms with Crippen LogP contribution in [0, 0.1) is 5.92 Å². The maximum atomic E-state index is 6.18. The van der Waals surface area contributed by atoms with Crippen molar-refractivity contribution in [3.05, 3.63) is 22.4 Å². The van der Waals surface area contributed by atoms with Crippen molar-refractivity contribution in [2.24, 2.45) is 11.7 Å². The van der Waals surface area contributed by atoms with Crippen LogP contribution in [0.4, 0.5) is 0 Å². The van der Waals surface area contributed by atoms with Gasteiger partial charge in [0.25, 0.3) is 0 Å². The van der Waals surface area contributed by atoms with Crippen molar-refractivity contribution in [3.8, 4) is 0 Å². The molecule has 0 aliphatic heterocycles. The van der Waals surface area contributed by atoms with Crippen molar-refractivity contribution in [1.29, 1.82) is 0 Å². The zero-order chi connectivity index (χ0) is 9.80. The molecule has 1 aromatic heterocycles. The van der Waals surface area contributed by atoms with Crippen LogP contribution in [0.5, 0.6) is 0 Å². The highest BCUT2D eigenvalue weighted by Crippen LogP contribution is 2.31. The third-order valence-electron chi connectivity index (χ3n) is 3.28. The van der Waals surface area contributed by atoms with E-state index in [0.29, 0.717) is 0 Å². The lowest BCUT2D eigenvalue weighted by Gasteiger charge is -2.24. The summed E-state index contributed by atoms with van der Waals surface area (Å²) in [5.74, 6) is 0.888. The van der Waals surface area contributed by atoms with Gasteiger partial charge >= 0.3 is 0 Å². The van der Waals surface area contributed by atoms with E-state index in [4.69, 9.17) is 5.73 Å². The third kappa shape index (κ3) is 2.58. The van der Waals surface area contributed by atoms with E-state index in [-0.39, 0.29) is 6.04 Å². The molecule has 1 heterocycles. The van der Waals surface area contributed by atoms with Crippen molar-refractivity contribution in [1.82, 2.24) is 0 Å². The molecule has 1 aliphatic carbocycles. The minimum absolute atomic E-state index is 0.282. The topological polar surface area (TPSA) is 26.0 Å². The van der Waals surface area contributed by atoms with E-state index in [1.54, 1.807) is 11.3 Å². The van der Waals surface area contributed by atoms with Crippen molar-refractivity contribution in [2.45, 2.75) is 44.6 Å². The predicted octanol–water partition coefficient (Wildman–Crippen LogP) is 3.72. The Hall–Kier alpha value is -0.340. The second-order valence-electron chi connectivity index (χ2n) is 4.40. The molecule has 0 bridgehead atoms. The summed E-state index contributed by atoms with van der Waals surface area (Å²) in [7, 11) is 0. The number of hydrogen-bond acceptors (Lipinski definition) is 2. The Morgan fingerprint density at radius 3 is 2.79 bits per heavy atom. The van der Waals surface area contributed by atoms with E-state index in [1.165, 1.54) is 44.1 Å². The van der Waals surface area contributed by atoms with Gasteiger partial charge in [0.1, 0.15) is 0 Å². The molecule has 0 radical (unpaired) electrons. The van der Waals surface area contributed by atoms with Crippen molar-refractivity contribution < 1.29 is 0 Å². The van der Waals surface area contributed by atoms with E-state index >= 15 is 0 Å². The van der Waals surface area contributed by atoms with Gasteiger partial charge in [-0.2, -0.15) is 11.3 Å². The molecule has 1 aromatic rings. The molecular formula is C12H19NS. The zero-order valence-electron chi connectivity index (χ0n) is 8.61. The van der Waals surface area contributed by atoms with Gasteiger partial charge in [0.2, 0.25) is 0 Å². The van der Waals surface area contributed by atoms with Gasteiger partial charge in [-0.05, 0) is 34.7 Å². The standard InChI is InChI=1S/C12H19NS/c13-12(11-6-7-14-9-11)8-10-4-2-1-3-5-10/h6-7,9-10,12H,1-5,8,13H2. The summed E-state index contributed by atoms with van der Waals surface area (Å²) in [6.07, 6.45) is 8.26. The van der Waals surface area contributed by atoms with Gasteiger partial charge in [0.05, 0.1) is 0 Å². The normalized spacial score (nSPS) is 20.9. The van der Waals surface area contributed by atoms with Gasteiger partial charge in [-0.3, -0.25) is 0 Å². The monoisotopic (exact) mass is 209 g/mol. The fourth-order valence-electron chi connectivity index (χ4n) is 2.40.